The van der Waals surface area contributed by atoms with Crippen LogP contribution in [0.4, 0.5) is 5.82 Å². The van der Waals surface area contributed by atoms with Crippen LogP contribution in [-0.4, -0.2) is 39.8 Å². The van der Waals surface area contributed by atoms with E-state index in [1.807, 2.05) is 0 Å². The van der Waals surface area contributed by atoms with Crippen molar-refractivity contribution in [3.63, 3.8) is 0 Å². The van der Waals surface area contributed by atoms with Gasteiger partial charge in [0.1, 0.15) is 5.56 Å². The molecule has 0 spiro atoms. The van der Waals surface area contributed by atoms with Crippen LogP contribution in [0.2, 0.25) is 0 Å². The van der Waals surface area contributed by atoms with Gasteiger partial charge in [0.25, 0.3) is 0 Å². The Bertz CT molecular complexity index is 448. The number of carbonyl (C=O) groups is 2. The summed E-state index contributed by atoms with van der Waals surface area (Å²) in [6.45, 7) is 2.41. The fourth-order valence-electron chi connectivity index (χ4n) is 1.89. The van der Waals surface area contributed by atoms with Crippen molar-refractivity contribution in [2.75, 3.05) is 11.9 Å². The van der Waals surface area contributed by atoms with E-state index >= 15 is 0 Å². The predicted molar refractivity (Wildman–Crippen MR) is 59.9 cm³/mol. The van der Waals surface area contributed by atoms with Gasteiger partial charge in [0.05, 0.1) is 6.04 Å². The molecule has 1 aromatic heterocycles. The summed E-state index contributed by atoms with van der Waals surface area (Å²) in [5.41, 5.74) is 0.434. The lowest BCUT2D eigenvalue weighted by Gasteiger charge is -2.09. The van der Waals surface area contributed by atoms with Gasteiger partial charge in [-0.05, 0) is 26.3 Å². The number of aromatic nitrogens is 2. The van der Waals surface area contributed by atoms with Gasteiger partial charge in [0, 0.05) is 5.69 Å². The van der Waals surface area contributed by atoms with Crippen LogP contribution in [0.5, 0.6) is 0 Å². The van der Waals surface area contributed by atoms with Crippen molar-refractivity contribution in [3.05, 3.63) is 11.3 Å². The summed E-state index contributed by atoms with van der Waals surface area (Å²) in [5.74, 6) is -1.27. The Morgan fingerprint density at radius 1 is 1.53 bits per heavy atom. The largest absolute Gasteiger partial charge is 0.477 e. The van der Waals surface area contributed by atoms with Crippen molar-refractivity contribution >= 4 is 17.7 Å². The van der Waals surface area contributed by atoms with E-state index in [0.29, 0.717) is 5.69 Å². The second kappa shape index (κ2) is 4.54. The highest BCUT2D eigenvalue weighted by molar-refractivity contribution is 6.01. The van der Waals surface area contributed by atoms with Crippen molar-refractivity contribution < 1.29 is 14.7 Å². The van der Waals surface area contributed by atoms with Crippen molar-refractivity contribution in [2.24, 2.45) is 0 Å². The van der Waals surface area contributed by atoms with Crippen LogP contribution >= 0.6 is 0 Å². The molecule has 0 saturated carbocycles. The van der Waals surface area contributed by atoms with Crippen LogP contribution in [0.3, 0.4) is 0 Å². The fraction of sp³-hybridized carbons (Fsp3) is 0.500. The molecule has 2 rings (SSSR count). The molecule has 1 unspecified atom stereocenters. The van der Waals surface area contributed by atoms with Gasteiger partial charge in [-0.1, -0.05) is 0 Å². The highest BCUT2D eigenvalue weighted by Crippen LogP contribution is 2.17. The Balaban J connectivity index is 2.13. The first-order valence-corrected chi connectivity index (χ1v) is 5.42. The van der Waals surface area contributed by atoms with Gasteiger partial charge in [-0.15, -0.1) is 0 Å². The first-order chi connectivity index (χ1) is 8.09. The van der Waals surface area contributed by atoms with Crippen molar-refractivity contribution in [3.8, 4) is 0 Å². The summed E-state index contributed by atoms with van der Waals surface area (Å²) >= 11 is 0. The third-order valence-corrected chi connectivity index (χ3v) is 2.78. The average molecular weight is 238 g/mol. The minimum atomic E-state index is -1.11. The number of carboxylic acids is 1. The minimum absolute atomic E-state index is 0.0105. The molecule has 1 aliphatic heterocycles. The third-order valence-electron chi connectivity index (χ3n) is 2.78. The second-order valence-electron chi connectivity index (χ2n) is 4.02. The van der Waals surface area contributed by atoms with Gasteiger partial charge >= 0.3 is 5.97 Å². The van der Waals surface area contributed by atoms with E-state index in [0.717, 1.165) is 19.4 Å². The van der Waals surface area contributed by atoms with E-state index in [4.69, 9.17) is 5.11 Å². The molecular weight excluding hydrogens is 224 g/mol. The smallest absolute Gasteiger partial charge is 0.341 e. The number of hydrogen-bond acceptors (Lipinski definition) is 4. The molecule has 1 aliphatic rings. The van der Waals surface area contributed by atoms with Crippen LogP contribution < -0.4 is 10.6 Å². The Morgan fingerprint density at radius 3 is 2.88 bits per heavy atom. The number of aromatic amines is 1. The van der Waals surface area contributed by atoms with E-state index in [-0.39, 0.29) is 23.3 Å². The molecule has 7 heteroatoms. The number of carboxylic acid groups (broad SMARTS) is 1. The maximum atomic E-state index is 11.8. The quantitative estimate of drug-likeness (QED) is 0.597. The molecule has 1 atom stereocenters. The number of nitrogens with zero attached hydrogens (tertiary/aromatic N) is 1. The highest BCUT2D eigenvalue weighted by atomic mass is 16.4. The van der Waals surface area contributed by atoms with E-state index in [1.165, 1.54) is 0 Å². The number of amides is 1. The Hall–Kier alpha value is -1.89. The van der Waals surface area contributed by atoms with Crippen molar-refractivity contribution in [1.29, 1.82) is 0 Å². The van der Waals surface area contributed by atoms with Crippen LogP contribution in [-0.2, 0) is 4.79 Å². The normalized spacial score (nSPS) is 19.2. The van der Waals surface area contributed by atoms with Gasteiger partial charge < -0.3 is 15.7 Å². The lowest BCUT2D eigenvalue weighted by atomic mass is 10.2. The number of aryl methyl sites for hydroxylation is 1. The maximum absolute atomic E-state index is 11.8. The first-order valence-electron chi connectivity index (χ1n) is 5.42. The average Bonchev–Trinajstić information content (AvgIpc) is 2.87. The summed E-state index contributed by atoms with van der Waals surface area (Å²) in [4.78, 5) is 22.8. The molecule has 92 valence electrons. The Kier molecular flexibility index (Phi) is 3.10. The molecule has 2 heterocycles. The molecule has 17 heavy (non-hydrogen) atoms. The van der Waals surface area contributed by atoms with Crippen LogP contribution in [0.25, 0.3) is 0 Å². The lowest BCUT2D eigenvalue weighted by Crippen LogP contribution is -2.35. The van der Waals surface area contributed by atoms with Gasteiger partial charge in [-0.3, -0.25) is 9.89 Å². The summed E-state index contributed by atoms with van der Waals surface area (Å²) in [5, 5.41) is 20.9. The topological polar surface area (TPSA) is 107 Å². The summed E-state index contributed by atoms with van der Waals surface area (Å²) in [7, 11) is 0. The molecular formula is C10H14N4O3. The van der Waals surface area contributed by atoms with Crippen molar-refractivity contribution in [1.82, 2.24) is 15.5 Å². The molecule has 0 radical (unpaired) electrons. The fourth-order valence-corrected chi connectivity index (χ4v) is 1.89. The summed E-state index contributed by atoms with van der Waals surface area (Å²) in [6.07, 6.45) is 1.71. The van der Waals surface area contributed by atoms with Crippen LogP contribution in [0, 0.1) is 6.92 Å². The van der Waals surface area contributed by atoms with E-state index < -0.39 is 5.97 Å². The first kappa shape index (κ1) is 11.6. The maximum Gasteiger partial charge on any atom is 0.341 e. The standard InChI is InChI=1S/C10H14N4O3/c1-5-7(10(16)17)8(14-13-5)12-9(15)6-3-2-4-11-6/h6,11H,2-4H2,1H3,(H,16,17)(H2,12,13,14,15). The number of aromatic carboxylic acids is 1. The molecule has 1 amide bonds. The monoisotopic (exact) mass is 238 g/mol. The van der Waals surface area contributed by atoms with Crippen LogP contribution in [0.15, 0.2) is 0 Å². The molecule has 1 fully saturated rings. The van der Waals surface area contributed by atoms with Gasteiger partial charge in [-0.2, -0.15) is 5.10 Å². The van der Waals surface area contributed by atoms with Gasteiger partial charge in [0.15, 0.2) is 5.82 Å². The molecule has 0 bridgehead atoms. The Morgan fingerprint density at radius 2 is 2.29 bits per heavy atom. The zero-order valence-electron chi connectivity index (χ0n) is 9.41. The summed E-state index contributed by atoms with van der Waals surface area (Å²) in [6, 6.07) is -0.256. The predicted octanol–water partition coefficient (Wildman–Crippen LogP) is 0.107. The minimum Gasteiger partial charge on any atom is -0.477 e. The van der Waals surface area contributed by atoms with Gasteiger partial charge in [0.2, 0.25) is 5.91 Å². The number of hydrogen-bond donors (Lipinski definition) is 4. The number of carbonyl (C=O) groups excluding carboxylic acids is 1. The molecule has 7 nitrogen and oxygen atoms in total. The van der Waals surface area contributed by atoms with Crippen LogP contribution in [0.1, 0.15) is 28.9 Å². The van der Waals surface area contributed by atoms with E-state index in [1.54, 1.807) is 6.92 Å². The zero-order valence-corrected chi connectivity index (χ0v) is 9.41. The summed E-state index contributed by atoms with van der Waals surface area (Å²) < 4.78 is 0. The van der Waals surface area contributed by atoms with E-state index in [2.05, 4.69) is 20.8 Å². The van der Waals surface area contributed by atoms with E-state index in [9.17, 15) is 9.59 Å². The third kappa shape index (κ3) is 2.28. The number of rotatable bonds is 3. The Labute approximate surface area is 97.6 Å². The second-order valence-corrected chi connectivity index (χ2v) is 4.02. The number of anilines is 1. The number of H-pyrrole nitrogens is 1. The molecule has 1 aromatic rings. The molecule has 0 aliphatic carbocycles. The molecule has 1 saturated heterocycles. The molecule has 4 N–H and O–H groups in total. The highest BCUT2D eigenvalue weighted by Gasteiger charge is 2.25. The zero-order chi connectivity index (χ0) is 12.4. The lowest BCUT2D eigenvalue weighted by molar-refractivity contribution is -0.117. The number of nitrogens with one attached hydrogen (secondary N) is 3. The SMILES string of the molecule is Cc1[nH]nc(NC(=O)C2CCCN2)c1C(=O)O. The van der Waals surface area contributed by atoms with Crippen molar-refractivity contribution in [2.45, 2.75) is 25.8 Å². The van der Waals surface area contributed by atoms with Gasteiger partial charge in [-0.25, -0.2) is 4.79 Å². The molecule has 0 aromatic carbocycles.